The first-order chi connectivity index (χ1) is 9.08. The van der Waals surface area contributed by atoms with Crippen LogP contribution in [0.2, 0.25) is 0 Å². The van der Waals surface area contributed by atoms with Crippen LogP contribution in [0.25, 0.3) is 0 Å². The molecule has 0 amide bonds. The van der Waals surface area contributed by atoms with Gasteiger partial charge in [0.15, 0.2) is 0 Å². The summed E-state index contributed by atoms with van der Waals surface area (Å²) in [5.74, 6) is 0.752. The van der Waals surface area contributed by atoms with Crippen molar-refractivity contribution >= 4 is 0 Å². The van der Waals surface area contributed by atoms with E-state index >= 15 is 0 Å². The normalized spacial score (nSPS) is 14.4. The van der Waals surface area contributed by atoms with Gasteiger partial charge in [-0.15, -0.1) is 0 Å². The van der Waals surface area contributed by atoms with Crippen LogP contribution in [0.3, 0.4) is 0 Å². The fraction of sp³-hybridized carbons (Fsp3) is 0.706. The van der Waals surface area contributed by atoms with Crippen molar-refractivity contribution in [3.05, 3.63) is 29.1 Å². The summed E-state index contributed by atoms with van der Waals surface area (Å²) >= 11 is 0. The summed E-state index contributed by atoms with van der Waals surface area (Å²) in [6.45, 7) is 12.2. The molecule has 19 heavy (non-hydrogen) atoms. The minimum absolute atomic E-state index is 0.405. The van der Waals surface area contributed by atoms with E-state index in [-0.39, 0.29) is 0 Å². The van der Waals surface area contributed by atoms with Crippen molar-refractivity contribution < 1.29 is 0 Å². The number of aryl methyl sites for hydroxylation is 2. The van der Waals surface area contributed by atoms with Gasteiger partial charge in [0.05, 0.1) is 5.69 Å². The van der Waals surface area contributed by atoms with Gasteiger partial charge in [-0.3, -0.25) is 4.98 Å². The van der Waals surface area contributed by atoms with Crippen molar-refractivity contribution in [2.45, 2.75) is 66.3 Å². The van der Waals surface area contributed by atoms with Gasteiger partial charge in [0.1, 0.15) is 0 Å². The predicted molar refractivity (Wildman–Crippen MR) is 83.4 cm³/mol. The van der Waals surface area contributed by atoms with Crippen LogP contribution in [0.4, 0.5) is 0 Å². The van der Waals surface area contributed by atoms with Gasteiger partial charge in [-0.1, -0.05) is 39.7 Å². The summed E-state index contributed by atoms with van der Waals surface area (Å²) in [6.07, 6.45) is 6.92. The summed E-state index contributed by atoms with van der Waals surface area (Å²) in [7, 11) is 0. The second-order valence-corrected chi connectivity index (χ2v) is 5.85. The fourth-order valence-corrected chi connectivity index (χ4v) is 2.71. The largest absolute Gasteiger partial charge is 0.309 e. The molecule has 2 atom stereocenters. The summed E-state index contributed by atoms with van der Waals surface area (Å²) in [5.41, 5.74) is 3.80. The van der Waals surface area contributed by atoms with E-state index in [1.54, 1.807) is 0 Å². The summed E-state index contributed by atoms with van der Waals surface area (Å²) in [5, 5.41) is 3.67. The van der Waals surface area contributed by atoms with Crippen LogP contribution in [0.5, 0.6) is 0 Å². The first kappa shape index (κ1) is 16.2. The van der Waals surface area contributed by atoms with E-state index in [0.717, 1.165) is 12.5 Å². The molecule has 1 rings (SSSR count). The molecular formula is C17H30N2. The topological polar surface area (TPSA) is 24.9 Å². The number of aromatic nitrogens is 1. The molecule has 0 aliphatic heterocycles. The van der Waals surface area contributed by atoms with Crippen LogP contribution in [-0.2, 0) is 0 Å². The Bertz CT molecular complexity index is 374. The van der Waals surface area contributed by atoms with E-state index in [1.807, 2.05) is 6.20 Å². The van der Waals surface area contributed by atoms with Crippen molar-refractivity contribution in [2.75, 3.05) is 6.54 Å². The lowest BCUT2D eigenvalue weighted by atomic mass is 9.93. The molecule has 0 aromatic carbocycles. The van der Waals surface area contributed by atoms with Gasteiger partial charge >= 0.3 is 0 Å². The molecule has 2 unspecified atom stereocenters. The zero-order valence-corrected chi connectivity index (χ0v) is 13.3. The average molecular weight is 262 g/mol. The van der Waals surface area contributed by atoms with Gasteiger partial charge in [0.2, 0.25) is 0 Å². The molecule has 0 saturated heterocycles. The molecule has 1 N–H and O–H groups in total. The monoisotopic (exact) mass is 262 g/mol. The number of pyridine rings is 1. The Morgan fingerprint density at radius 1 is 1.21 bits per heavy atom. The zero-order valence-electron chi connectivity index (χ0n) is 13.3. The van der Waals surface area contributed by atoms with E-state index in [4.69, 9.17) is 0 Å². The maximum atomic E-state index is 4.68. The third-order valence-electron chi connectivity index (χ3n) is 3.65. The Kier molecular flexibility index (Phi) is 7.07. The van der Waals surface area contributed by atoms with Gasteiger partial charge in [0.25, 0.3) is 0 Å². The van der Waals surface area contributed by atoms with Crippen molar-refractivity contribution in [3.8, 4) is 0 Å². The lowest BCUT2D eigenvalue weighted by Crippen LogP contribution is -2.25. The van der Waals surface area contributed by atoms with Crippen molar-refractivity contribution in [2.24, 2.45) is 5.92 Å². The Hall–Kier alpha value is -0.890. The summed E-state index contributed by atoms with van der Waals surface area (Å²) < 4.78 is 0. The molecule has 1 aromatic heterocycles. The van der Waals surface area contributed by atoms with Crippen LogP contribution in [0, 0.1) is 19.8 Å². The maximum absolute atomic E-state index is 4.68. The molecule has 0 bridgehead atoms. The Balaban J connectivity index is 2.82. The van der Waals surface area contributed by atoms with Crippen LogP contribution < -0.4 is 5.32 Å². The van der Waals surface area contributed by atoms with Crippen LogP contribution in [0.1, 0.15) is 69.3 Å². The van der Waals surface area contributed by atoms with E-state index in [1.165, 1.54) is 42.5 Å². The lowest BCUT2D eigenvalue weighted by molar-refractivity contribution is 0.384. The van der Waals surface area contributed by atoms with Crippen molar-refractivity contribution in [1.29, 1.82) is 0 Å². The minimum Gasteiger partial charge on any atom is -0.309 e. The fourth-order valence-electron chi connectivity index (χ4n) is 2.71. The number of nitrogens with one attached hydrogen (secondary N) is 1. The molecule has 0 aliphatic rings. The molecule has 0 radical (unpaired) electrons. The molecule has 0 saturated carbocycles. The van der Waals surface area contributed by atoms with Gasteiger partial charge in [-0.25, -0.2) is 0 Å². The quantitative estimate of drug-likeness (QED) is 0.742. The van der Waals surface area contributed by atoms with E-state index in [9.17, 15) is 0 Å². The molecule has 1 aromatic rings. The summed E-state index contributed by atoms with van der Waals surface area (Å²) in [4.78, 5) is 4.68. The van der Waals surface area contributed by atoms with Crippen LogP contribution >= 0.6 is 0 Å². The van der Waals surface area contributed by atoms with Crippen molar-refractivity contribution in [1.82, 2.24) is 10.3 Å². The highest BCUT2D eigenvalue weighted by Crippen LogP contribution is 2.25. The highest BCUT2D eigenvalue weighted by molar-refractivity contribution is 5.25. The summed E-state index contributed by atoms with van der Waals surface area (Å²) in [6, 6.07) is 2.65. The first-order valence-electron chi connectivity index (χ1n) is 7.75. The van der Waals surface area contributed by atoms with E-state index in [0.29, 0.717) is 6.04 Å². The smallest absolute Gasteiger partial charge is 0.0602 e. The van der Waals surface area contributed by atoms with E-state index < -0.39 is 0 Å². The second kappa shape index (κ2) is 8.31. The van der Waals surface area contributed by atoms with Crippen LogP contribution in [-0.4, -0.2) is 11.5 Å². The second-order valence-electron chi connectivity index (χ2n) is 5.85. The Morgan fingerprint density at radius 3 is 2.53 bits per heavy atom. The van der Waals surface area contributed by atoms with Gasteiger partial charge < -0.3 is 5.32 Å². The van der Waals surface area contributed by atoms with E-state index in [2.05, 4.69) is 51.0 Å². The maximum Gasteiger partial charge on any atom is 0.0602 e. The third kappa shape index (κ3) is 5.32. The lowest BCUT2D eigenvalue weighted by Gasteiger charge is -2.23. The van der Waals surface area contributed by atoms with Gasteiger partial charge in [-0.2, -0.15) is 0 Å². The number of hydrogen-bond donors (Lipinski definition) is 1. The van der Waals surface area contributed by atoms with Gasteiger partial charge in [-0.05, 0) is 50.3 Å². The molecule has 108 valence electrons. The SMILES string of the molecule is CCCNC(CC(C)CCC)c1ncc(C)cc1C. The number of rotatable bonds is 8. The molecule has 0 spiro atoms. The van der Waals surface area contributed by atoms with Gasteiger partial charge in [0, 0.05) is 12.2 Å². The Labute approximate surface area is 119 Å². The molecular weight excluding hydrogens is 232 g/mol. The minimum atomic E-state index is 0.405. The Morgan fingerprint density at radius 2 is 1.95 bits per heavy atom. The molecule has 2 heteroatoms. The number of hydrogen-bond acceptors (Lipinski definition) is 2. The number of nitrogens with zero attached hydrogens (tertiary/aromatic N) is 1. The highest BCUT2D eigenvalue weighted by Gasteiger charge is 2.17. The molecule has 0 aliphatic carbocycles. The third-order valence-corrected chi connectivity index (χ3v) is 3.65. The standard InChI is InChI=1S/C17H30N2/c1-6-8-13(3)11-16(18-9-7-2)17-15(5)10-14(4)12-19-17/h10,12-13,16,18H,6-9,11H2,1-5H3. The molecule has 0 fully saturated rings. The predicted octanol–water partition coefficient (Wildman–Crippen LogP) is 4.57. The average Bonchev–Trinajstić information content (AvgIpc) is 2.35. The molecule has 1 heterocycles. The van der Waals surface area contributed by atoms with Crippen molar-refractivity contribution in [3.63, 3.8) is 0 Å². The van der Waals surface area contributed by atoms with Crippen LogP contribution in [0.15, 0.2) is 12.3 Å². The zero-order chi connectivity index (χ0) is 14.3. The first-order valence-corrected chi connectivity index (χ1v) is 7.75. The highest BCUT2D eigenvalue weighted by atomic mass is 14.9. The molecule has 2 nitrogen and oxygen atoms in total.